The molecule has 6 atom stereocenters. The zero-order valence-corrected chi connectivity index (χ0v) is 43.3. The van der Waals surface area contributed by atoms with Gasteiger partial charge < -0.3 is 39.9 Å². The van der Waals surface area contributed by atoms with Crippen molar-refractivity contribution < 1.29 is 58.3 Å². The maximum absolute atomic E-state index is 12.9. The molecule has 0 spiro atoms. The highest BCUT2D eigenvalue weighted by Crippen LogP contribution is 2.47. The van der Waals surface area contributed by atoms with Gasteiger partial charge >= 0.3 is 13.8 Å². The number of rotatable bonds is 45. The summed E-state index contributed by atoms with van der Waals surface area (Å²) in [7, 11) is -5.03. The van der Waals surface area contributed by atoms with E-state index >= 15 is 0 Å². The second-order valence-corrected chi connectivity index (χ2v) is 19.7. The molecule has 68 heavy (non-hydrogen) atoms. The maximum Gasteiger partial charge on any atom is 0.472 e. The topological polar surface area (TPSA) is 192 Å². The lowest BCUT2D eigenvalue weighted by Crippen LogP contribution is -2.64. The molecule has 0 amide bonds. The average Bonchev–Trinajstić information content (AvgIpc) is 3.32. The molecule has 13 heteroatoms. The lowest BCUT2D eigenvalue weighted by Gasteiger charge is -2.41. The third-order valence-electron chi connectivity index (χ3n) is 12.1. The predicted molar refractivity (Wildman–Crippen MR) is 276 cm³/mol. The number of unbranched alkanes of at least 4 members (excludes halogenated alkanes) is 21. The van der Waals surface area contributed by atoms with Crippen LogP contribution < -0.4 is 0 Å². The molecule has 1 aliphatic rings. The van der Waals surface area contributed by atoms with Gasteiger partial charge in [-0.15, -0.1) is 0 Å². The molecule has 0 aromatic rings. The van der Waals surface area contributed by atoms with Crippen LogP contribution in [0.15, 0.2) is 72.9 Å². The molecule has 0 heterocycles. The lowest BCUT2D eigenvalue weighted by atomic mass is 9.85. The normalized spacial score (nSPS) is 21.7. The van der Waals surface area contributed by atoms with E-state index in [1.807, 2.05) is 0 Å². The highest BCUT2D eigenvalue weighted by molar-refractivity contribution is 7.47. The first kappa shape index (κ1) is 63.8. The largest absolute Gasteiger partial charge is 0.472 e. The zero-order chi connectivity index (χ0) is 49.8. The van der Waals surface area contributed by atoms with Gasteiger partial charge in [-0.1, -0.05) is 189 Å². The fraction of sp³-hybridized carbons (Fsp3) is 0.764. The second-order valence-electron chi connectivity index (χ2n) is 18.3. The molecule has 1 saturated carbocycles. The SMILES string of the molecule is CC/C=C\C/C=C\C/C=C\C/C=C\CCCCCCCCCCCCCOCC(COP(=O)(O)OC1C(O)C(O)C(O)C(O)C1O)OC(=O)CCCCCCCCC/C=C\C/C=C\CCCCC. The Balaban J connectivity index is 2.31. The molecule has 12 nitrogen and oxygen atoms in total. The standard InChI is InChI=1S/C55H97O12P/c1-3-5-7-9-11-13-15-17-19-21-22-23-24-25-26-27-29-31-33-35-37-39-41-43-45-64-46-48(47-65-68(62,63)67-55-53(60)51(58)50(57)52(59)54(55)61)66-49(56)44-42-40-38-36-34-32-30-28-20-18-16-14-12-10-8-6-4-2/h5,7,11-14,17-20,22-23,48,50-55,57-61H,3-4,6,8-10,15-16,21,24-47H2,1-2H3,(H,62,63)/b7-5-,13-11-,14-12-,19-17-,20-18-,23-22-. The fourth-order valence-corrected chi connectivity index (χ4v) is 8.82. The first-order chi connectivity index (χ1) is 33.0. The van der Waals surface area contributed by atoms with Crippen molar-refractivity contribution in [3.63, 3.8) is 0 Å². The molecule has 6 unspecified atom stereocenters. The summed E-state index contributed by atoms with van der Waals surface area (Å²) in [5.41, 5.74) is 0. The van der Waals surface area contributed by atoms with E-state index in [0.717, 1.165) is 96.3 Å². The third-order valence-corrected chi connectivity index (χ3v) is 13.0. The Morgan fingerprint density at radius 1 is 0.485 bits per heavy atom. The van der Waals surface area contributed by atoms with Gasteiger partial charge in [-0.3, -0.25) is 13.8 Å². The number of carbonyl (C=O) groups is 1. The van der Waals surface area contributed by atoms with Crippen LogP contribution in [0.4, 0.5) is 0 Å². The summed E-state index contributed by atoms with van der Waals surface area (Å²) in [5, 5.41) is 50.4. The number of carbonyl (C=O) groups excluding carboxylic acids is 1. The van der Waals surface area contributed by atoms with Crippen molar-refractivity contribution in [3.8, 4) is 0 Å². The van der Waals surface area contributed by atoms with Crippen molar-refractivity contribution in [1.82, 2.24) is 0 Å². The molecule has 1 rings (SSSR count). The highest BCUT2D eigenvalue weighted by Gasteiger charge is 2.51. The zero-order valence-electron chi connectivity index (χ0n) is 42.4. The Morgan fingerprint density at radius 3 is 1.32 bits per heavy atom. The van der Waals surface area contributed by atoms with E-state index in [0.29, 0.717) is 13.0 Å². The van der Waals surface area contributed by atoms with Crippen molar-refractivity contribution in [2.24, 2.45) is 0 Å². The van der Waals surface area contributed by atoms with Crippen molar-refractivity contribution in [3.05, 3.63) is 72.9 Å². The number of allylic oxidation sites excluding steroid dienone is 12. The predicted octanol–water partition coefficient (Wildman–Crippen LogP) is 12.3. The monoisotopic (exact) mass is 981 g/mol. The highest BCUT2D eigenvalue weighted by atomic mass is 31.2. The molecule has 1 aliphatic carbocycles. The summed E-state index contributed by atoms with van der Waals surface area (Å²) < 4.78 is 34.3. The minimum absolute atomic E-state index is 0.0849. The summed E-state index contributed by atoms with van der Waals surface area (Å²) in [6, 6.07) is 0. The molecule has 0 saturated heterocycles. The van der Waals surface area contributed by atoms with Crippen LogP contribution in [-0.4, -0.2) is 98.9 Å². The van der Waals surface area contributed by atoms with E-state index in [2.05, 4.69) is 86.8 Å². The van der Waals surface area contributed by atoms with Crippen LogP contribution in [0.5, 0.6) is 0 Å². The summed E-state index contributed by atoms with van der Waals surface area (Å²) in [4.78, 5) is 23.3. The van der Waals surface area contributed by atoms with Gasteiger partial charge in [0.25, 0.3) is 0 Å². The van der Waals surface area contributed by atoms with Crippen molar-refractivity contribution in [1.29, 1.82) is 0 Å². The van der Waals surface area contributed by atoms with Gasteiger partial charge in [-0.05, 0) is 83.5 Å². The number of phosphoric acid groups is 1. The molecular formula is C55H97O12P. The Kier molecular flexibility index (Phi) is 41.9. The Hall–Kier alpha value is -2.22. The fourth-order valence-electron chi connectivity index (χ4n) is 7.85. The van der Waals surface area contributed by atoms with E-state index in [1.165, 1.54) is 83.5 Å². The van der Waals surface area contributed by atoms with Crippen LogP contribution in [0.3, 0.4) is 0 Å². The van der Waals surface area contributed by atoms with Crippen LogP contribution in [-0.2, 0) is 27.9 Å². The Bertz CT molecular complexity index is 1400. The number of aliphatic hydroxyl groups is 5. The first-order valence-electron chi connectivity index (χ1n) is 26.8. The summed E-state index contributed by atoms with van der Waals surface area (Å²) in [5.74, 6) is -0.487. The third kappa shape index (κ3) is 35.8. The Labute approximate surface area is 412 Å². The van der Waals surface area contributed by atoms with Crippen LogP contribution in [0.2, 0.25) is 0 Å². The molecular weight excluding hydrogens is 884 g/mol. The van der Waals surface area contributed by atoms with Gasteiger partial charge in [0.1, 0.15) is 42.7 Å². The quantitative estimate of drug-likeness (QED) is 0.0147. The van der Waals surface area contributed by atoms with Crippen LogP contribution >= 0.6 is 7.82 Å². The first-order valence-corrected chi connectivity index (χ1v) is 28.3. The molecule has 394 valence electrons. The van der Waals surface area contributed by atoms with E-state index in [9.17, 15) is 39.8 Å². The van der Waals surface area contributed by atoms with E-state index in [-0.39, 0.29) is 13.0 Å². The molecule has 6 N–H and O–H groups in total. The van der Waals surface area contributed by atoms with Crippen LogP contribution in [0.25, 0.3) is 0 Å². The molecule has 1 fully saturated rings. The van der Waals surface area contributed by atoms with Gasteiger partial charge in [-0.2, -0.15) is 0 Å². The number of ether oxygens (including phenoxy) is 2. The van der Waals surface area contributed by atoms with Crippen LogP contribution in [0, 0.1) is 0 Å². The average molecular weight is 981 g/mol. The molecule has 0 aromatic heterocycles. The maximum atomic E-state index is 12.9. The number of aliphatic hydroxyl groups excluding tert-OH is 5. The van der Waals surface area contributed by atoms with E-state index in [4.69, 9.17) is 18.5 Å². The molecule has 0 aromatic carbocycles. The van der Waals surface area contributed by atoms with E-state index < -0.39 is 63.1 Å². The van der Waals surface area contributed by atoms with Crippen molar-refractivity contribution >= 4 is 13.8 Å². The molecule has 0 aliphatic heterocycles. The van der Waals surface area contributed by atoms with E-state index in [1.54, 1.807) is 0 Å². The van der Waals surface area contributed by atoms with Crippen molar-refractivity contribution in [2.45, 2.75) is 249 Å². The minimum atomic E-state index is -5.03. The van der Waals surface area contributed by atoms with Gasteiger partial charge in [0.15, 0.2) is 0 Å². The second kappa shape index (κ2) is 44.7. The van der Waals surface area contributed by atoms with Crippen molar-refractivity contribution in [2.75, 3.05) is 19.8 Å². The summed E-state index contributed by atoms with van der Waals surface area (Å²) in [6.45, 7) is 4.12. The lowest BCUT2D eigenvalue weighted by molar-refractivity contribution is -0.220. The summed E-state index contributed by atoms with van der Waals surface area (Å²) >= 11 is 0. The Morgan fingerprint density at radius 2 is 0.868 bits per heavy atom. The smallest absolute Gasteiger partial charge is 0.457 e. The van der Waals surface area contributed by atoms with Gasteiger partial charge in [0.05, 0.1) is 13.2 Å². The van der Waals surface area contributed by atoms with Crippen LogP contribution in [0.1, 0.15) is 206 Å². The summed E-state index contributed by atoms with van der Waals surface area (Å²) in [6.07, 6.45) is 46.8. The van der Waals surface area contributed by atoms with Gasteiger partial charge in [0, 0.05) is 13.0 Å². The number of hydrogen-bond donors (Lipinski definition) is 6. The molecule has 0 radical (unpaired) electrons. The molecule has 0 bridgehead atoms. The van der Waals surface area contributed by atoms with Gasteiger partial charge in [-0.25, -0.2) is 4.57 Å². The number of hydrogen-bond acceptors (Lipinski definition) is 11. The van der Waals surface area contributed by atoms with Gasteiger partial charge in [0.2, 0.25) is 0 Å². The minimum Gasteiger partial charge on any atom is -0.457 e. The number of phosphoric ester groups is 1. The number of esters is 1.